The van der Waals surface area contributed by atoms with E-state index in [0.29, 0.717) is 5.82 Å². The number of nitrogens with zero attached hydrogens (tertiary/aromatic N) is 1. The zero-order valence-corrected chi connectivity index (χ0v) is 12.7. The Morgan fingerprint density at radius 2 is 2.05 bits per heavy atom. The number of aromatic nitrogens is 2. The maximum absolute atomic E-state index is 11.7. The average Bonchev–Trinajstić information content (AvgIpc) is 2.77. The molecule has 2 aromatic rings. The summed E-state index contributed by atoms with van der Waals surface area (Å²) in [6.07, 6.45) is 1.84. The first kappa shape index (κ1) is 14.0. The third-order valence-electron chi connectivity index (χ3n) is 2.88. The number of aryl methyl sites for hydroxylation is 1. The molecule has 0 radical (unpaired) electrons. The summed E-state index contributed by atoms with van der Waals surface area (Å²) in [6, 6.07) is 5.75. The normalized spacial score (nSPS) is 11.8. The fourth-order valence-electron chi connectivity index (χ4n) is 1.88. The molecular weight excluding hydrogens is 256 g/mol. The van der Waals surface area contributed by atoms with Crippen molar-refractivity contribution in [2.24, 2.45) is 0 Å². The molecular formula is C15H20N2OS. The topological polar surface area (TPSA) is 45.8 Å². The van der Waals surface area contributed by atoms with Gasteiger partial charge in [-0.3, -0.25) is 4.79 Å². The summed E-state index contributed by atoms with van der Waals surface area (Å²) in [5, 5.41) is 0. The van der Waals surface area contributed by atoms with Gasteiger partial charge in [0.1, 0.15) is 5.82 Å². The molecule has 1 N–H and O–H groups in total. The number of nitrogens with one attached hydrogen (secondary N) is 1. The molecule has 0 saturated heterocycles. The predicted molar refractivity (Wildman–Crippen MR) is 80.9 cm³/mol. The van der Waals surface area contributed by atoms with Crippen LogP contribution < -0.4 is 5.56 Å². The Kier molecular flexibility index (Phi) is 3.90. The minimum Gasteiger partial charge on any atom is -0.306 e. The standard InChI is InChI=1S/C15H20N2OS/c1-5-6-10-9-13(18)17-14(16-10)11-7-8-12(19-11)15(2,3)4/h7-9H,5-6H2,1-4H3,(H,16,17,18). The lowest BCUT2D eigenvalue weighted by Gasteiger charge is -2.15. The summed E-state index contributed by atoms with van der Waals surface area (Å²) in [4.78, 5) is 21.4. The fourth-order valence-corrected chi connectivity index (χ4v) is 2.89. The summed E-state index contributed by atoms with van der Waals surface area (Å²) in [7, 11) is 0. The van der Waals surface area contributed by atoms with Crippen molar-refractivity contribution in [3.8, 4) is 10.7 Å². The van der Waals surface area contributed by atoms with E-state index in [1.54, 1.807) is 17.4 Å². The van der Waals surface area contributed by atoms with Crippen molar-refractivity contribution in [3.05, 3.63) is 39.1 Å². The highest BCUT2D eigenvalue weighted by molar-refractivity contribution is 7.15. The van der Waals surface area contributed by atoms with Crippen LogP contribution in [0.3, 0.4) is 0 Å². The van der Waals surface area contributed by atoms with Crippen LogP contribution in [0, 0.1) is 0 Å². The van der Waals surface area contributed by atoms with Crippen LogP contribution in [0.5, 0.6) is 0 Å². The first-order valence-electron chi connectivity index (χ1n) is 6.61. The Bertz CT molecular complexity index is 620. The van der Waals surface area contributed by atoms with Crippen molar-refractivity contribution >= 4 is 11.3 Å². The summed E-state index contributed by atoms with van der Waals surface area (Å²) in [5.74, 6) is 0.691. The van der Waals surface area contributed by atoms with Gasteiger partial charge in [-0.15, -0.1) is 11.3 Å². The molecule has 0 fully saturated rings. The second kappa shape index (κ2) is 5.29. The van der Waals surface area contributed by atoms with Crippen molar-refractivity contribution in [2.45, 2.75) is 46.0 Å². The zero-order chi connectivity index (χ0) is 14.0. The quantitative estimate of drug-likeness (QED) is 0.928. The highest BCUT2D eigenvalue weighted by Gasteiger charge is 2.17. The van der Waals surface area contributed by atoms with Crippen molar-refractivity contribution in [1.29, 1.82) is 0 Å². The fraction of sp³-hybridized carbons (Fsp3) is 0.467. The molecule has 102 valence electrons. The molecule has 0 amide bonds. The molecule has 0 unspecified atom stereocenters. The van der Waals surface area contributed by atoms with Crippen LogP contribution in [0.25, 0.3) is 10.7 Å². The largest absolute Gasteiger partial charge is 0.306 e. The molecule has 2 heterocycles. The summed E-state index contributed by atoms with van der Waals surface area (Å²) >= 11 is 1.70. The van der Waals surface area contributed by atoms with Crippen molar-refractivity contribution < 1.29 is 0 Å². The Balaban J connectivity index is 2.41. The van der Waals surface area contributed by atoms with Crippen LogP contribution in [-0.4, -0.2) is 9.97 Å². The maximum atomic E-state index is 11.7. The van der Waals surface area contributed by atoms with Crippen LogP contribution in [0.15, 0.2) is 23.0 Å². The van der Waals surface area contributed by atoms with E-state index in [1.807, 2.05) is 6.07 Å². The number of rotatable bonds is 3. The van der Waals surface area contributed by atoms with Gasteiger partial charge in [-0.1, -0.05) is 34.1 Å². The van der Waals surface area contributed by atoms with Gasteiger partial charge in [0.25, 0.3) is 5.56 Å². The Morgan fingerprint density at radius 1 is 1.32 bits per heavy atom. The van der Waals surface area contributed by atoms with E-state index < -0.39 is 0 Å². The number of thiophene rings is 1. The summed E-state index contributed by atoms with van der Waals surface area (Å²) in [6.45, 7) is 8.65. The summed E-state index contributed by atoms with van der Waals surface area (Å²) in [5.41, 5.74) is 0.927. The maximum Gasteiger partial charge on any atom is 0.251 e. The SMILES string of the molecule is CCCc1cc(=O)[nH]c(-c2ccc(C(C)(C)C)s2)n1. The Labute approximate surface area is 117 Å². The zero-order valence-electron chi connectivity index (χ0n) is 11.9. The monoisotopic (exact) mass is 276 g/mol. The number of H-pyrrole nitrogens is 1. The number of hydrogen-bond acceptors (Lipinski definition) is 3. The molecule has 0 aliphatic heterocycles. The van der Waals surface area contributed by atoms with Gasteiger partial charge in [-0.25, -0.2) is 4.98 Å². The van der Waals surface area contributed by atoms with Crippen molar-refractivity contribution in [3.63, 3.8) is 0 Å². The van der Waals surface area contributed by atoms with Gasteiger partial charge in [0, 0.05) is 16.6 Å². The third kappa shape index (κ3) is 3.32. The molecule has 0 atom stereocenters. The van der Waals surface area contributed by atoms with Gasteiger partial charge in [0.15, 0.2) is 0 Å². The van der Waals surface area contributed by atoms with E-state index in [-0.39, 0.29) is 11.0 Å². The molecule has 0 aromatic carbocycles. The second-order valence-electron chi connectivity index (χ2n) is 5.75. The van der Waals surface area contributed by atoms with E-state index in [1.165, 1.54) is 4.88 Å². The van der Waals surface area contributed by atoms with Gasteiger partial charge in [0.2, 0.25) is 0 Å². The Hall–Kier alpha value is -1.42. The number of aromatic amines is 1. The first-order chi connectivity index (χ1) is 8.90. The van der Waals surface area contributed by atoms with Crippen LogP contribution in [-0.2, 0) is 11.8 Å². The van der Waals surface area contributed by atoms with Crippen LogP contribution in [0.2, 0.25) is 0 Å². The average molecular weight is 276 g/mol. The number of hydrogen-bond donors (Lipinski definition) is 1. The molecule has 0 saturated carbocycles. The van der Waals surface area contributed by atoms with E-state index in [4.69, 9.17) is 0 Å². The second-order valence-corrected chi connectivity index (χ2v) is 6.83. The lowest BCUT2D eigenvalue weighted by molar-refractivity contribution is 0.604. The van der Waals surface area contributed by atoms with Crippen LogP contribution in [0.4, 0.5) is 0 Å². The van der Waals surface area contributed by atoms with Crippen molar-refractivity contribution in [1.82, 2.24) is 9.97 Å². The van der Waals surface area contributed by atoms with Gasteiger partial charge in [-0.2, -0.15) is 0 Å². The van der Waals surface area contributed by atoms with E-state index in [0.717, 1.165) is 23.4 Å². The molecule has 0 aliphatic rings. The minimum atomic E-state index is -0.0702. The van der Waals surface area contributed by atoms with E-state index in [9.17, 15) is 4.79 Å². The predicted octanol–water partition coefficient (Wildman–Crippen LogP) is 3.75. The van der Waals surface area contributed by atoms with Crippen molar-refractivity contribution in [2.75, 3.05) is 0 Å². The Morgan fingerprint density at radius 3 is 2.63 bits per heavy atom. The molecule has 3 nitrogen and oxygen atoms in total. The van der Waals surface area contributed by atoms with E-state index in [2.05, 4.69) is 43.7 Å². The molecule has 0 aliphatic carbocycles. The first-order valence-corrected chi connectivity index (χ1v) is 7.42. The van der Waals surface area contributed by atoms with Gasteiger partial charge >= 0.3 is 0 Å². The van der Waals surface area contributed by atoms with Gasteiger partial charge < -0.3 is 4.98 Å². The molecule has 2 rings (SSSR count). The van der Waals surface area contributed by atoms with Crippen LogP contribution >= 0.6 is 11.3 Å². The third-order valence-corrected chi connectivity index (χ3v) is 4.40. The lowest BCUT2D eigenvalue weighted by Crippen LogP contribution is -2.10. The molecule has 4 heteroatoms. The molecule has 0 spiro atoms. The minimum absolute atomic E-state index is 0.0702. The molecule has 19 heavy (non-hydrogen) atoms. The lowest BCUT2D eigenvalue weighted by atomic mass is 9.95. The van der Waals surface area contributed by atoms with Crippen LogP contribution in [0.1, 0.15) is 44.7 Å². The van der Waals surface area contributed by atoms with E-state index >= 15 is 0 Å². The molecule has 2 aromatic heterocycles. The van der Waals surface area contributed by atoms with Gasteiger partial charge in [-0.05, 0) is 24.0 Å². The summed E-state index contributed by atoms with van der Waals surface area (Å²) < 4.78 is 0. The smallest absolute Gasteiger partial charge is 0.251 e. The highest BCUT2D eigenvalue weighted by atomic mass is 32.1. The van der Waals surface area contributed by atoms with Gasteiger partial charge in [0.05, 0.1) is 4.88 Å². The molecule has 0 bridgehead atoms. The highest BCUT2D eigenvalue weighted by Crippen LogP contribution is 2.33.